The van der Waals surface area contributed by atoms with Crippen LogP contribution in [-0.2, 0) is 69.8 Å². The molecule has 2 fully saturated rings. The van der Waals surface area contributed by atoms with Crippen molar-refractivity contribution < 1.29 is 30.0 Å². The standard InChI is InChI=1S/C21H30N6O.4C18H15P.C17H25ClN4O.C4H5N2.3C4H9.Pd.Sn/c1-14(21(28)23-15-8-5-4-6-9-15)27(3)20-16-10-7-11-17(16)24-19(25-20)18-12-26(2)13-22-18;4*1-4-10-16(11-5-1)19(17-12-6-2-7-13-17)18-14-8-3-9-15-18;1-11(16(23)19-12-7-4-3-5-8-12)22(2)15-13-9-6-10-14(13)20-17(18)21-15;1-6-3-2-5-4-6;3*1-3-4-2;;/h12-15H,4-11H2,1-3H3,(H,23,28);4*1-15H;11-12H,3-10H2,1-2H3,(H,19,23);3-4H,1H3;3*1,3-4H2,2H3;;/t14-;;;;;11-;;;;;;/m1....1....../s1. The van der Waals surface area contributed by atoms with Crippen LogP contribution in [-0.4, -0.2) is 107 Å². The molecule has 147 heavy (non-hydrogen) atoms. The van der Waals surface area contributed by atoms with Gasteiger partial charge in [0.15, 0.2) is 5.82 Å². The van der Waals surface area contributed by atoms with Gasteiger partial charge in [-0.25, -0.2) is 24.9 Å². The maximum Gasteiger partial charge on any atom is 0.242 e. The Morgan fingerprint density at radius 3 is 0.844 bits per heavy atom. The Labute approximate surface area is 904 Å². The third kappa shape index (κ3) is 33.4. The molecule has 0 radical (unpaired) electrons. The van der Waals surface area contributed by atoms with Gasteiger partial charge in [0.2, 0.25) is 17.1 Å². The second kappa shape index (κ2) is 60.8. The molecule has 0 unspecified atom stereocenters. The first-order valence-electron chi connectivity index (χ1n) is 52.9. The Morgan fingerprint density at radius 1 is 0.347 bits per heavy atom. The summed E-state index contributed by atoms with van der Waals surface area (Å²) in [4.78, 5) is 56.9. The molecule has 2 amide bonds. The van der Waals surface area contributed by atoms with Gasteiger partial charge in [-0.05, 0) is 185 Å². The van der Waals surface area contributed by atoms with Gasteiger partial charge in [0.05, 0.1) is 12.0 Å². The van der Waals surface area contributed by atoms with Crippen molar-refractivity contribution in [3.63, 3.8) is 0 Å². The Morgan fingerprint density at radius 2 is 0.599 bits per heavy atom. The maximum atomic E-state index is 12.9. The summed E-state index contributed by atoms with van der Waals surface area (Å²) in [5.74, 6) is 2.47. The molecule has 0 aliphatic heterocycles. The summed E-state index contributed by atoms with van der Waals surface area (Å²) < 4.78 is 10.2. The maximum absolute atomic E-state index is 12.9. The molecule has 2 saturated carbocycles. The van der Waals surface area contributed by atoms with Crippen LogP contribution in [0.4, 0.5) is 11.6 Å². The first-order valence-corrected chi connectivity index (χ1v) is 66.1. The van der Waals surface area contributed by atoms with Crippen LogP contribution in [0.3, 0.4) is 0 Å². The fraction of sp³-hybridized carbons (Fsp3) is 0.302. The molecule has 0 spiro atoms. The van der Waals surface area contributed by atoms with Gasteiger partial charge in [-0.15, -0.1) is 0 Å². The molecule has 0 saturated heterocycles. The van der Waals surface area contributed by atoms with Crippen LogP contribution >= 0.6 is 43.3 Å². The van der Waals surface area contributed by atoms with Crippen molar-refractivity contribution in [3.8, 4) is 11.5 Å². The number of carbonyl (C=O) groups is 2. The van der Waals surface area contributed by atoms with Crippen molar-refractivity contribution in [1.82, 2.24) is 49.7 Å². The van der Waals surface area contributed by atoms with Crippen molar-refractivity contribution in [3.05, 3.63) is 417 Å². The van der Waals surface area contributed by atoms with Crippen molar-refractivity contribution in [1.29, 1.82) is 0 Å². The number of anilines is 2. The summed E-state index contributed by atoms with van der Waals surface area (Å²) >= 11 is 3.86. The van der Waals surface area contributed by atoms with E-state index in [9.17, 15) is 9.59 Å². The largest absolute Gasteiger partial charge is 0.352 e. The Kier molecular flexibility index (Phi) is 46.9. The molecule has 764 valence electrons. The van der Waals surface area contributed by atoms with Crippen LogP contribution in [0, 0.1) is 0 Å². The molecule has 14 nitrogen and oxygen atoms in total. The van der Waals surface area contributed by atoms with E-state index >= 15 is 0 Å². The molecule has 4 aromatic heterocycles. The van der Waals surface area contributed by atoms with E-state index in [1.54, 1.807) is 10.0 Å². The van der Waals surface area contributed by atoms with Crippen molar-refractivity contribution in [2.75, 3.05) is 23.9 Å². The molecule has 21 heteroatoms. The zero-order valence-corrected chi connectivity index (χ0v) is 96.0. The molecule has 4 heterocycles. The number of imidazole rings is 2. The number of unbranched alkanes of at least 4 members (excludes halogenated alkanes) is 3. The number of halogens is 1. The number of hydrogen-bond acceptors (Lipinski definition) is 10. The minimum atomic E-state index is -2.21. The van der Waals surface area contributed by atoms with Gasteiger partial charge in [-0.2, -0.15) is 0 Å². The number of carbonyl (C=O) groups excluding carboxylic acids is 2. The molecular weight excluding hydrogens is 2100 g/mol. The zero-order chi connectivity index (χ0) is 102. The zero-order valence-electron chi connectivity index (χ0n) is 87.2. The number of likely N-dealkylation sites (N-methyl/N-ethyl adjacent to an activating group) is 2. The van der Waals surface area contributed by atoms with Gasteiger partial charge >= 0.3 is 124 Å². The van der Waals surface area contributed by atoms with E-state index < -0.39 is 50.1 Å². The van der Waals surface area contributed by atoms with Gasteiger partial charge in [-0.1, -0.05) is 403 Å². The second-order valence-electron chi connectivity index (χ2n) is 38.3. The van der Waals surface area contributed by atoms with Gasteiger partial charge < -0.3 is 25.0 Å². The molecule has 12 aromatic carbocycles. The summed E-state index contributed by atoms with van der Waals surface area (Å²) in [6.07, 6.45) is 34.1. The Balaban J connectivity index is 0.000000144. The van der Waals surface area contributed by atoms with E-state index in [-0.39, 0.29) is 49.6 Å². The molecule has 4 aliphatic carbocycles. The van der Waals surface area contributed by atoms with Crippen LogP contribution in [0.5, 0.6) is 0 Å². The van der Waals surface area contributed by atoms with E-state index in [2.05, 4.69) is 428 Å². The number of nitrogens with one attached hydrogen (secondary N) is 2. The van der Waals surface area contributed by atoms with Gasteiger partial charge in [-0.3, -0.25) is 9.59 Å². The van der Waals surface area contributed by atoms with E-state index in [4.69, 9.17) is 26.6 Å². The number of hydrogen-bond donors (Lipinski definition) is 2. The number of aryl methyl sites for hydroxylation is 4. The Hall–Kier alpha value is -10.8. The summed E-state index contributed by atoms with van der Waals surface area (Å²) in [6.45, 7) is 10.9. The number of rotatable bonds is 31. The molecule has 2 atom stereocenters. The average Bonchev–Trinajstić information content (AvgIpc) is 1.64. The van der Waals surface area contributed by atoms with Gasteiger partial charge in [0.25, 0.3) is 0 Å². The minimum Gasteiger partial charge on any atom is -0.352 e. The number of fused-ring (bicyclic) bond motifs is 2. The third-order valence-corrected chi connectivity index (χ3v) is 52.7. The number of benzene rings is 12. The predicted octanol–water partition coefficient (Wildman–Crippen LogP) is 23.8. The van der Waals surface area contributed by atoms with Crippen molar-refractivity contribution >= 4 is 152 Å². The van der Waals surface area contributed by atoms with Crippen LogP contribution in [0.2, 0.25) is 18.6 Å². The summed E-state index contributed by atoms with van der Waals surface area (Å²) in [6, 6.07) is 129. The smallest absolute Gasteiger partial charge is 0.242 e. The van der Waals surface area contributed by atoms with Crippen LogP contribution in [0.15, 0.2) is 389 Å². The fourth-order valence-electron chi connectivity index (χ4n) is 19.6. The summed E-state index contributed by atoms with van der Waals surface area (Å²) in [5, 5.41) is 23.5. The molecule has 0 bridgehead atoms. The number of amides is 2. The molecule has 2 N–H and O–H groups in total. The predicted molar refractivity (Wildman–Crippen MR) is 629 cm³/mol. The van der Waals surface area contributed by atoms with Crippen molar-refractivity contribution in [2.45, 2.75) is 213 Å². The molecule has 16 aromatic rings. The van der Waals surface area contributed by atoms with Gasteiger partial charge in [0.1, 0.15) is 29.4 Å². The van der Waals surface area contributed by atoms with Crippen LogP contribution in [0.1, 0.15) is 173 Å². The fourth-order valence-corrected chi connectivity index (χ4v) is 44.5. The summed E-state index contributed by atoms with van der Waals surface area (Å²) in [7, 11) is 6.16. The second-order valence-corrected chi connectivity index (χ2v) is 60.6. The van der Waals surface area contributed by atoms with Crippen molar-refractivity contribution in [2.24, 2.45) is 14.1 Å². The first-order chi connectivity index (χ1) is 71.6. The molecule has 20 rings (SSSR count). The third-order valence-electron chi connectivity index (χ3n) is 27.7. The van der Waals surface area contributed by atoms with Crippen LogP contribution in [0.25, 0.3) is 11.5 Å². The normalized spacial score (nSPS) is 13.5. The molecular formula is C126H147ClN12O2P4PdSn. The minimum absolute atomic E-state index is 0. The number of nitrogens with zero attached hydrogens (tertiary/aromatic N) is 10. The average molecular weight is 2250 g/mol. The molecule has 4 aliphatic rings. The van der Waals surface area contributed by atoms with Gasteiger partial charge in [0, 0.05) is 76.7 Å². The first kappa shape index (κ1) is 113. The van der Waals surface area contributed by atoms with E-state index in [0.717, 1.165) is 98.5 Å². The quantitative estimate of drug-likeness (QED) is 0.0244. The van der Waals surface area contributed by atoms with E-state index in [1.165, 1.54) is 160 Å². The summed E-state index contributed by atoms with van der Waals surface area (Å²) in [5.41, 5.74) is 5.23. The Bertz CT molecular complexity index is 5610. The monoisotopic (exact) mass is 2240 g/mol. The SMILES string of the molecule is CCC[CH2][Sn]([CH2]CCC)([CH2]CCC)[c]1cn(C)cn1.C[C@H](C(=O)NC1CCCCC1)N(C)c1nc(-c2cn(C)cn2)nc2c1CCC2.C[C@H](C(=O)NC1CCCCC1)N(C)c1nc(Cl)nc2c1CCC2.[Pd].c1ccc(P(c2ccccc2)c2ccccc2)cc1.c1ccc(P(c2ccccc2)c2ccccc2)cc1.c1ccc(P(c2ccccc2)c2ccccc2)cc1.c1ccc(P(c2ccccc2)c2ccccc2)cc1. The van der Waals surface area contributed by atoms with Crippen LogP contribution < -0.4 is 87.8 Å². The van der Waals surface area contributed by atoms with E-state index in [0.29, 0.717) is 17.9 Å². The number of aromatic nitrogens is 8. The van der Waals surface area contributed by atoms with E-state index in [1.807, 2.05) is 61.9 Å². The topological polar surface area (TPSA) is 152 Å².